The smallest absolute Gasteiger partial charge is 0.341 e. The summed E-state index contributed by atoms with van der Waals surface area (Å²) in [5, 5.41) is 7.39. The van der Waals surface area contributed by atoms with Crippen LogP contribution in [-0.4, -0.2) is 29.8 Å². The van der Waals surface area contributed by atoms with Crippen molar-refractivity contribution in [3.63, 3.8) is 0 Å². The van der Waals surface area contributed by atoms with E-state index in [1.807, 2.05) is 20.8 Å². The van der Waals surface area contributed by atoms with E-state index >= 15 is 0 Å². The summed E-state index contributed by atoms with van der Waals surface area (Å²) >= 11 is 6.74. The number of hydrogen-bond donors (Lipinski definition) is 2. The van der Waals surface area contributed by atoms with Gasteiger partial charge in [-0.05, 0) is 45.5 Å². The predicted molar refractivity (Wildman–Crippen MR) is 92.7 cm³/mol. The van der Waals surface area contributed by atoms with Gasteiger partial charge in [0, 0.05) is 17.8 Å². The highest BCUT2D eigenvalue weighted by Gasteiger charge is 2.34. The molecule has 0 aromatic carbocycles. The third-order valence-corrected chi connectivity index (χ3v) is 4.70. The number of anilines is 1. The number of nitrogens with one attached hydrogen (secondary N) is 2. The molecule has 1 aromatic heterocycles. The number of ether oxygens (including phenoxy) is 2. The lowest BCUT2D eigenvalue weighted by atomic mass is 9.93. The second-order valence-corrected chi connectivity index (χ2v) is 7.15. The molecule has 0 spiro atoms. The number of rotatable bonds is 4. The Morgan fingerprint density at radius 1 is 1.45 bits per heavy atom. The third kappa shape index (κ3) is 3.77. The van der Waals surface area contributed by atoms with E-state index in [0.717, 1.165) is 22.0 Å². The van der Waals surface area contributed by atoms with E-state index < -0.39 is 0 Å². The minimum absolute atomic E-state index is 0.283. The molecule has 0 unspecified atom stereocenters. The Morgan fingerprint density at radius 3 is 2.82 bits per heavy atom. The van der Waals surface area contributed by atoms with Crippen molar-refractivity contribution in [1.82, 2.24) is 5.32 Å². The highest BCUT2D eigenvalue weighted by Crippen LogP contribution is 2.40. The van der Waals surface area contributed by atoms with E-state index in [1.165, 1.54) is 11.3 Å². The minimum atomic E-state index is -0.306. The molecule has 0 saturated heterocycles. The zero-order valence-corrected chi connectivity index (χ0v) is 15.0. The zero-order valence-electron chi connectivity index (χ0n) is 13.4. The van der Waals surface area contributed by atoms with Crippen molar-refractivity contribution in [1.29, 1.82) is 0 Å². The van der Waals surface area contributed by atoms with Crippen molar-refractivity contribution in [2.45, 2.75) is 46.3 Å². The molecule has 0 bridgehead atoms. The molecule has 0 aliphatic carbocycles. The third-order valence-electron chi connectivity index (χ3n) is 3.33. The normalized spacial score (nSPS) is 15.8. The van der Waals surface area contributed by atoms with Crippen molar-refractivity contribution in [2.75, 3.05) is 18.5 Å². The first-order valence-electron chi connectivity index (χ1n) is 7.38. The lowest BCUT2D eigenvalue weighted by Crippen LogP contribution is -2.32. The van der Waals surface area contributed by atoms with Gasteiger partial charge < -0.3 is 20.1 Å². The maximum absolute atomic E-state index is 12.4. The van der Waals surface area contributed by atoms with Gasteiger partial charge in [0.1, 0.15) is 5.00 Å². The summed E-state index contributed by atoms with van der Waals surface area (Å²) in [5.74, 6) is -0.306. The molecule has 0 fully saturated rings. The van der Waals surface area contributed by atoms with Crippen LogP contribution in [0, 0.1) is 0 Å². The van der Waals surface area contributed by atoms with Crippen molar-refractivity contribution in [3.05, 3.63) is 16.0 Å². The molecule has 5 nitrogen and oxygen atoms in total. The Bertz CT molecular complexity index is 582. The second-order valence-electron chi connectivity index (χ2n) is 5.64. The van der Waals surface area contributed by atoms with Gasteiger partial charge in [-0.15, -0.1) is 11.3 Å². The van der Waals surface area contributed by atoms with Crippen LogP contribution >= 0.6 is 23.6 Å². The van der Waals surface area contributed by atoms with Crippen molar-refractivity contribution < 1.29 is 14.3 Å². The summed E-state index contributed by atoms with van der Waals surface area (Å²) in [7, 11) is 0. The van der Waals surface area contributed by atoms with Gasteiger partial charge in [0.05, 0.1) is 24.4 Å². The fraction of sp³-hybridized carbons (Fsp3) is 0.600. The number of thiocarbonyl (C=S) groups is 1. The number of esters is 1. The van der Waals surface area contributed by atoms with Crippen LogP contribution in [0.25, 0.3) is 0 Å². The summed E-state index contributed by atoms with van der Waals surface area (Å²) < 4.78 is 11.1. The van der Waals surface area contributed by atoms with Crippen LogP contribution in [0.15, 0.2) is 0 Å². The lowest BCUT2D eigenvalue weighted by Gasteiger charge is -2.30. The fourth-order valence-corrected chi connectivity index (χ4v) is 3.80. The molecule has 0 amide bonds. The Hall–Kier alpha value is -1.18. The maximum atomic E-state index is 12.4. The minimum Gasteiger partial charge on any atom is -0.462 e. The van der Waals surface area contributed by atoms with Gasteiger partial charge in [0.25, 0.3) is 0 Å². The highest BCUT2D eigenvalue weighted by atomic mass is 32.1. The van der Waals surface area contributed by atoms with Gasteiger partial charge in [-0.25, -0.2) is 4.79 Å². The molecule has 0 radical (unpaired) electrons. The second kappa shape index (κ2) is 6.93. The number of hydrogen-bond acceptors (Lipinski definition) is 5. The number of carbonyl (C=O) groups excluding carboxylic acids is 1. The van der Waals surface area contributed by atoms with Crippen molar-refractivity contribution in [2.24, 2.45) is 0 Å². The molecular formula is C15H22N2O3S2. The maximum Gasteiger partial charge on any atom is 0.341 e. The topological polar surface area (TPSA) is 59.6 Å². The van der Waals surface area contributed by atoms with Crippen LogP contribution in [0.3, 0.4) is 0 Å². The van der Waals surface area contributed by atoms with Gasteiger partial charge in [-0.1, -0.05) is 0 Å². The van der Waals surface area contributed by atoms with E-state index in [-0.39, 0.29) is 11.6 Å². The average molecular weight is 342 g/mol. The molecule has 1 aromatic rings. The van der Waals surface area contributed by atoms with Crippen LogP contribution in [0.4, 0.5) is 5.00 Å². The average Bonchev–Trinajstić information content (AvgIpc) is 2.75. The summed E-state index contributed by atoms with van der Waals surface area (Å²) in [5.41, 5.74) is 1.33. The van der Waals surface area contributed by atoms with Gasteiger partial charge >= 0.3 is 5.97 Å². The predicted octanol–water partition coefficient (Wildman–Crippen LogP) is 3.08. The standard InChI is InChI=1S/C15H22N2O3S2/c1-5-16-14(21)17-12-11(13(18)19-6-2)9-7-15(3,4)20-8-10(9)22-12/h5-8H2,1-4H3,(H2,16,17,21). The van der Waals surface area contributed by atoms with Crippen LogP contribution in [0.2, 0.25) is 0 Å². The van der Waals surface area contributed by atoms with E-state index in [0.29, 0.717) is 30.3 Å². The molecule has 2 rings (SSSR count). The van der Waals surface area contributed by atoms with Crippen LogP contribution in [0.1, 0.15) is 48.5 Å². The SMILES string of the molecule is CCNC(=S)Nc1sc2c(c1C(=O)OCC)CC(C)(C)OC2. The Labute approximate surface area is 140 Å². The molecule has 22 heavy (non-hydrogen) atoms. The van der Waals surface area contributed by atoms with E-state index in [9.17, 15) is 4.79 Å². The zero-order chi connectivity index (χ0) is 16.3. The molecule has 0 saturated carbocycles. The first kappa shape index (κ1) is 17.2. The van der Waals surface area contributed by atoms with Crippen molar-refractivity contribution in [3.8, 4) is 0 Å². The molecule has 2 N–H and O–H groups in total. The Balaban J connectivity index is 2.38. The molecule has 122 valence electrons. The van der Waals surface area contributed by atoms with Crippen molar-refractivity contribution >= 4 is 39.6 Å². The molecule has 0 atom stereocenters. The largest absolute Gasteiger partial charge is 0.462 e. The summed E-state index contributed by atoms with van der Waals surface area (Å²) in [6.07, 6.45) is 0.683. The highest BCUT2D eigenvalue weighted by molar-refractivity contribution is 7.80. The quantitative estimate of drug-likeness (QED) is 0.648. The summed E-state index contributed by atoms with van der Waals surface area (Å²) in [6.45, 7) is 9.41. The molecule has 1 aliphatic rings. The molecule has 7 heteroatoms. The van der Waals surface area contributed by atoms with E-state index in [1.54, 1.807) is 6.92 Å². The number of thiophene rings is 1. The lowest BCUT2D eigenvalue weighted by molar-refractivity contribution is -0.0384. The van der Waals surface area contributed by atoms with E-state index in [2.05, 4.69) is 10.6 Å². The first-order valence-corrected chi connectivity index (χ1v) is 8.61. The van der Waals surface area contributed by atoms with Crippen LogP contribution in [-0.2, 0) is 22.5 Å². The molecule has 1 aliphatic heterocycles. The Morgan fingerprint density at radius 2 is 2.18 bits per heavy atom. The van der Waals surface area contributed by atoms with Gasteiger partial charge in [0.2, 0.25) is 0 Å². The number of carbonyl (C=O) groups is 1. The fourth-order valence-electron chi connectivity index (χ4n) is 2.37. The van der Waals surface area contributed by atoms with Gasteiger partial charge in [-0.3, -0.25) is 0 Å². The van der Waals surface area contributed by atoms with Crippen LogP contribution < -0.4 is 10.6 Å². The van der Waals surface area contributed by atoms with Gasteiger partial charge in [0.15, 0.2) is 5.11 Å². The summed E-state index contributed by atoms with van der Waals surface area (Å²) in [6, 6.07) is 0. The molecule has 2 heterocycles. The van der Waals surface area contributed by atoms with E-state index in [4.69, 9.17) is 21.7 Å². The monoisotopic (exact) mass is 342 g/mol. The Kier molecular flexibility index (Phi) is 5.41. The molecular weight excluding hydrogens is 320 g/mol. The first-order chi connectivity index (χ1) is 10.4. The summed E-state index contributed by atoms with van der Waals surface area (Å²) in [4.78, 5) is 13.4. The van der Waals surface area contributed by atoms with Gasteiger partial charge in [-0.2, -0.15) is 0 Å². The van der Waals surface area contributed by atoms with Crippen LogP contribution in [0.5, 0.6) is 0 Å². The number of fused-ring (bicyclic) bond motifs is 1.